The number of halogens is 1. The molecule has 5 nitrogen and oxygen atoms in total. The van der Waals surface area contributed by atoms with Gasteiger partial charge in [-0.1, -0.05) is 95.9 Å². The van der Waals surface area contributed by atoms with E-state index < -0.39 is 5.54 Å². The summed E-state index contributed by atoms with van der Waals surface area (Å²) in [5, 5.41) is 4.40. The lowest BCUT2D eigenvalue weighted by Crippen LogP contribution is -2.64. The molecule has 1 fully saturated rings. The molecule has 4 aromatic rings. The van der Waals surface area contributed by atoms with Crippen molar-refractivity contribution in [2.75, 3.05) is 0 Å². The lowest BCUT2D eigenvalue weighted by molar-refractivity contribution is -0.136. The van der Waals surface area contributed by atoms with Crippen LogP contribution in [0.2, 0.25) is 0 Å². The molecule has 1 atom stereocenters. The number of para-hydroxylation sites is 1. The average Bonchev–Trinajstić information content (AvgIpc) is 3.30. The van der Waals surface area contributed by atoms with Crippen molar-refractivity contribution < 1.29 is 9.59 Å². The number of carbonyl (C=O) groups excluding carboxylic acids is 2. The van der Waals surface area contributed by atoms with Crippen molar-refractivity contribution in [3.8, 4) is 0 Å². The van der Waals surface area contributed by atoms with Gasteiger partial charge in [0.2, 0.25) is 0 Å². The predicted octanol–water partition coefficient (Wildman–Crippen LogP) is 6.40. The SMILES string of the molecule is O=C1c2cc3ccccc3n2C[C@@](C(=O)NC2CCCCC2)(c2ccccc2)N1Cc1cccc(Br)c1. The first-order chi connectivity index (χ1) is 18.1. The molecule has 1 saturated carbocycles. The van der Waals surface area contributed by atoms with Crippen LogP contribution in [0.25, 0.3) is 10.9 Å². The molecule has 1 N–H and O–H groups in total. The van der Waals surface area contributed by atoms with Crippen LogP contribution in [0.15, 0.2) is 89.4 Å². The fraction of sp³-hybridized carbons (Fsp3) is 0.290. The summed E-state index contributed by atoms with van der Waals surface area (Å²) in [7, 11) is 0. The molecular formula is C31H30BrN3O2. The molecule has 1 aromatic heterocycles. The van der Waals surface area contributed by atoms with E-state index in [0.29, 0.717) is 18.8 Å². The maximum absolute atomic E-state index is 14.5. The molecule has 2 amide bonds. The van der Waals surface area contributed by atoms with Crippen LogP contribution < -0.4 is 5.32 Å². The van der Waals surface area contributed by atoms with Gasteiger partial charge in [0.15, 0.2) is 5.54 Å². The molecule has 3 aromatic carbocycles. The Labute approximate surface area is 225 Å². The van der Waals surface area contributed by atoms with Crippen LogP contribution in [0.1, 0.15) is 53.7 Å². The second kappa shape index (κ2) is 9.82. The molecule has 0 radical (unpaired) electrons. The van der Waals surface area contributed by atoms with Gasteiger partial charge in [0.05, 0.1) is 6.54 Å². The quantitative estimate of drug-likeness (QED) is 0.309. The largest absolute Gasteiger partial charge is 0.351 e. The van der Waals surface area contributed by atoms with E-state index in [4.69, 9.17) is 0 Å². The van der Waals surface area contributed by atoms with Gasteiger partial charge in [-0.2, -0.15) is 0 Å². The number of fused-ring (bicyclic) bond motifs is 3. The Hall–Kier alpha value is -3.38. The summed E-state index contributed by atoms with van der Waals surface area (Å²) in [5.41, 5.74) is 2.20. The van der Waals surface area contributed by atoms with Gasteiger partial charge in [0.1, 0.15) is 5.69 Å². The second-order valence-electron chi connectivity index (χ2n) is 10.2. The van der Waals surface area contributed by atoms with Crippen molar-refractivity contribution in [3.05, 3.63) is 106 Å². The van der Waals surface area contributed by atoms with Gasteiger partial charge in [-0.05, 0) is 48.2 Å². The number of nitrogens with zero attached hydrogens (tertiary/aromatic N) is 2. The minimum atomic E-state index is -1.19. The highest BCUT2D eigenvalue weighted by molar-refractivity contribution is 9.10. The normalized spacial score (nSPS) is 20.1. The van der Waals surface area contributed by atoms with Crippen LogP contribution in [0.5, 0.6) is 0 Å². The number of aromatic nitrogens is 1. The summed E-state index contributed by atoms with van der Waals surface area (Å²) in [5.74, 6) is -0.234. The van der Waals surface area contributed by atoms with Crippen LogP contribution >= 0.6 is 15.9 Å². The third-order valence-electron chi connectivity index (χ3n) is 7.92. The number of hydrogen-bond donors (Lipinski definition) is 1. The average molecular weight is 557 g/mol. The zero-order valence-electron chi connectivity index (χ0n) is 20.7. The highest BCUT2D eigenvalue weighted by Gasteiger charge is 2.52. The summed E-state index contributed by atoms with van der Waals surface area (Å²) in [6.45, 7) is 0.685. The van der Waals surface area contributed by atoms with Crippen LogP contribution in [0, 0.1) is 0 Å². The number of nitrogens with one attached hydrogen (secondary N) is 1. The van der Waals surface area contributed by atoms with Gasteiger partial charge in [0, 0.05) is 28.0 Å². The molecular weight excluding hydrogens is 526 g/mol. The van der Waals surface area contributed by atoms with E-state index in [0.717, 1.165) is 52.2 Å². The predicted molar refractivity (Wildman–Crippen MR) is 149 cm³/mol. The highest BCUT2D eigenvalue weighted by Crippen LogP contribution is 2.40. The zero-order chi connectivity index (χ0) is 25.4. The van der Waals surface area contributed by atoms with Crippen LogP contribution in [-0.2, 0) is 23.4 Å². The van der Waals surface area contributed by atoms with E-state index in [1.165, 1.54) is 6.42 Å². The molecule has 1 aliphatic heterocycles. The van der Waals surface area contributed by atoms with E-state index >= 15 is 0 Å². The number of amides is 2. The summed E-state index contributed by atoms with van der Waals surface area (Å²) in [4.78, 5) is 30.7. The maximum Gasteiger partial charge on any atom is 0.272 e. The number of hydrogen-bond acceptors (Lipinski definition) is 2. The molecule has 37 heavy (non-hydrogen) atoms. The van der Waals surface area contributed by atoms with Crippen LogP contribution in [0.3, 0.4) is 0 Å². The van der Waals surface area contributed by atoms with Crippen molar-refractivity contribution in [2.24, 2.45) is 0 Å². The molecule has 1 aliphatic carbocycles. The van der Waals surface area contributed by atoms with Crippen molar-refractivity contribution in [2.45, 2.75) is 56.8 Å². The number of carbonyl (C=O) groups is 2. The van der Waals surface area contributed by atoms with Crippen molar-refractivity contribution >= 4 is 38.6 Å². The Bertz CT molecular complexity index is 1460. The van der Waals surface area contributed by atoms with E-state index in [-0.39, 0.29) is 17.9 Å². The fourth-order valence-electron chi connectivity index (χ4n) is 6.05. The summed E-state index contributed by atoms with van der Waals surface area (Å²) >= 11 is 3.57. The highest BCUT2D eigenvalue weighted by atomic mass is 79.9. The van der Waals surface area contributed by atoms with Gasteiger partial charge < -0.3 is 14.8 Å². The van der Waals surface area contributed by atoms with Gasteiger partial charge in [-0.15, -0.1) is 0 Å². The molecule has 0 saturated heterocycles. The van der Waals surface area contributed by atoms with Gasteiger partial charge in [-0.25, -0.2) is 0 Å². The molecule has 2 heterocycles. The van der Waals surface area contributed by atoms with E-state index in [1.807, 2.05) is 89.5 Å². The molecule has 188 valence electrons. The van der Waals surface area contributed by atoms with E-state index in [2.05, 4.69) is 21.2 Å². The lowest BCUT2D eigenvalue weighted by atomic mass is 9.83. The molecule has 0 unspecified atom stereocenters. The zero-order valence-corrected chi connectivity index (χ0v) is 22.3. The Balaban J connectivity index is 1.54. The summed E-state index contributed by atoms with van der Waals surface area (Å²) in [6, 6.07) is 27.9. The molecule has 6 heteroatoms. The summed E-state index contributed by atoms with van der Waals surface area (Å²) in [6.07, 6.45) is 5.41. The first-order valence-electron chi connectivity index (χ1n) is 13.1. The van der Waals surface area contributed by atoms with Gasteiger partial charge >= 0.3 is 0 Å². The van der Waals surface area contributed by atoms with Crippen molar-refractivity contribution in [1.29, 1.82) is 0 Å². The van der Waals surface area contributed by atoms with Crippen LogP contribution in [0.4, 0.5) is 0 Å². The maximum atomic E-state index is 14.5. The second-order valence-corrected chi connectivity index (χ2v) is 11.1. The molecule has 2 aliphatic rings. The minimum Gasteiger partial charge on any atom is -0.351 e. The number of benzene rings is 3. The Kier molecular flexibility index (Phi) is 6.37. The van der Waals surface area contributed by atoms with Crippen molar-refractivity contribution in [3.63, 3.8) is 0 Å². The van der Waals surface area contributed by atoms with E-state index in [9.17, 15) is 9.59 Å². The standard InChI is InChI=1S/C31H30BrN3O2/c32-25-14-9-10-22(18-25)20-35-29(36)28-19-23-11-7-8-17-27(23)34(28)21-31(35,24-12-3-1-4-13-24)30(37)33-26-15-5-2-6-16-26/h1,3-4,7-14,17-19,26H,2,5-6,15-16,20-21H2,(H,33,37)/t31-/m0/s1. The molecule has 6 rings (SSSR count). The van der Waals surface area contributed by atoms with Crippen LogP contribution in [-0.4, -0.2) is 27.3 Å². The smallest absolute Gasteiger partial charge is 0.272 e. The van der Waals surface area contributed by atoms with E-state index in [1.54, 1.807) is 4.90 Å². The molecule has 0 bridgehead atoms. The monoisotopic (exact) mass is 555 g/mol. The lowest BCUT2D eigenvalue weighted by Gasteiger charge is -2.47. The van der Waals surface area contributed by atoms with Gasteiger partial charge in [0.25, 0.3) is 11.8 Å². The third kappa shape index (κ3) is 4.27. The Morgan fingerprint density at radius 1 is 0.919 bits per heavy atom. The fourth-order valence-corrected chi connectivity index (χ4v) is 6.49. The Morgan fingerprint density at radius 3 is 2.46 bits per heavy atom. The topological polar surface area (TPSA) is 54.3 Å². The minimum absolute atomic E-state index is 0.0997. The first-order valence-corrected chi connectivity index (χ1v) is 13.9. The number of rotatable bonds is 5. The van der Waals surface area contributed by atoms with Gasteiger partial charge in [-0.3, -0.25) is 9.59 Å². The summed E-state index contributed by atoms with van der Waals surface area (Å²) < 4.78 is 2.99. The Morgan fingerprint density at radius 2 is 1.68 bits per heavy atom. The molecule has 0 spiro atoms. The third-order valence-corrected chi connectivity index (χ3v) is 8.41. The first kappa shape index (κ1) is 24.0. The van der Waals surface area contributed by atoms with Crippen molar-refractivity contribution in [1.82, 2.24) is 14.8 Å².